The van der Waals surface area contributed by atoms with Crippen LogP contribution in [0.1, 0.15) is 23.1 Å². The molecule has 2 saturated heterocycles. The Morgan fingerprint density at radius 1 is 1.10 bits per heavy atom. The third kappa shape index (κ3) is 4.09. The third-order valence-electron chi connectivity index (χ3n) is 6.58. The first-order valence-electron chi connectivity index (χ1n) is 10.7. The first-order valence-corrected chi connectivity index (χ1v) is 10.7. The van der Waals surface area contributed by atoms with Gasteiger partial charge in [0.1, 0.15) is 11.3 Å². The summed E-state index contributed by atoms with van der Waals surface area (Å²) in [4.78, 5) is 31.6. The molecule has 2 aliphatic heterocycles. The van der Waals surface area contributed by atoms with Gasteiger partial charge in [0.15, 0.2) is 6.61 Å². The van der Waals surface area contributed by atoms with Crippen molar-refractivity contribution in [3.63, 3.8) is 0 Å². The Balaban J connectivity index is 1.44. The highest BCUT2D eigenvalue weighted by Crippen LogP contribution is 2.31. The highest BCUT2D eigenvalue weighted by Gasteiger charge is 2.31. The Morgan fingerprint density at radius 2 is 1.83 bits per heavy atom. The molecule has 0 aliphatic carbocycles. The summed E-state index contributed by atoms with van der Waals surface area (Å²) in [7, 11) is 2.16. The topological polar surface area (TPSA) is 66.2 Å². The van der Waals surface area contributed by atoms with Crippen molar-refractivity contribution >= 4 is 16.9 Å². The Labute approximate surface area is 177 Å². The van der Waals surface area contributed by atoms with Gasteiger partial charge < -0.3 is 19.0 Å². The highest BCUT2D eigenvalue weighted by atomic mass is 16.5. The van der Waals surface area contributed by atoms with Gasteiger partial charge in [-0.25, -0.2) is 4.79 Å². The number of hydrogen-bond donors (Lipinski definition) is 0. The van der Waals surface area contributed by atoms with E-state index in [4.69, 9.17) is 9.15 Å². The van der Waals surface area contributed by atoms with Crippen molar-refractivity contribution in [2.45, 2.75) is 33.2 Å². The standard InChI is InChI=1S/C23H31N3O4/c1-15-11-19(22-16(2)17(3)23(28)30-20(22)12-15)29-14-21(27)26-6-5-18(13-26)25-9-7-24(4)8-10-25/h11-12,18H,5-10,13-14H2,1-4H3. The van der Waals surface area contributed by atoms with E-state index in [-0.39, 0.29) is 18.1 Å². The molecule has 1 unspecified atom stereocenters. The molecule has 0 radical (unpaired) electrons. The van der Waals surface area contributed by atoms with Crippen molar-refractivity contribution in [1.82, 2.24) is 14.7 Å². The number of benzene rings is 1. The molecular formula is C23H31N3O4. The van der Waals surface area contributed by atoms with Crippen LogP contribution in [0.2, 0.25) is 0 Å². The number of aryl methyl sites for hydroxylation is 2. The summed E-state index contributed by atoms with van der Waals surface area (Å²) in [5, 5.41) is 0.766. The number of amides is 1. The second kappa shape index (κ2) is 8.40. The molecule has 7 heteroatoms. The van der Waals surface area contributed by atoms with Gasteiger partial charge in [-0.15, -0.1) is 0 Å². The maximum atomic E-state index is 12.8. The van der Waals surface area contributed by atoms with Crippen molar-refractivity contribution in [3.05, 3.63) is 39.2 Å². The number of ether oxygens (including phenoxy) is 1. The molecule has 1 atom stereocenters. The van der Waals surface area contributed by atoms with Crippen molar-refractivity contribution < 1.29 is 13.9 Å². The van der Waals surface area contributed by atoms with Crippen LogP contribution in [0.25, 0.3) is 11.0 Å². The average Bonchev–Trinajstić information content (AvgIpc) is 3.20. The second-order valence-electron chi connectivity index (χ2n) is 8.69. The number of likely N-dealkylation sites (tertiary alicyclic amines) is 1. The Bertz CT molecular complexity index is 1010. The van der Waals surface area contributed by atoms with Gasteiger partial charge >= 0.3 is 5.63 Å². The van der Waals surface area contributed by atoms with E-state index in [1.807, 2.05) is 30.9 Å². The molecular weight excluding hydrogens is 382 g/mol. The molecule has 162 valence electrons. The van der Waals surface area contributed by atoms with Crippen LogP contribution in [0.5, 0.6) is 5.75 Å². The number of hydrogen-bond acceptors (Lipinski definition) is 6. The number of nitrogens with zero attached hydrogens (tertiary/aromatic N) is 3. The molecule has 1 aromatic carbocycles. The van der Waals surface area contributed by atoms with Gasteiger partial charge in [0, 0.05) is 50.9 Å². The summed E-state index contributed by atoms with van der Waals surface area (Å²) in [6, 6.07) is 4.18. The van der Waals surface area contributed by atoms with Gasteiger partial charge in [0.25, 0.3) is 5.91 Å². The van der Waals surface area contributed by atoms with Crippen LogP contribution in [-0.4, -0.2) is 79.6 Å². The smallest absolute Gasteiger partial charge is 0.339 e. The zero-order chi connectivity index (χ0) is 21.4. The summed E-state index contributed by atoms with van der Waals surface area (Å²) >= 11 is 0. The van der Waals surface area contributed by atoms with E-state index in [9.17, 15) is 9.59 Å². The minimum atomic E-state index is -0.334. The van der Waals surface area contributed by atoms with Crippen LogP contribution >= 0.6 is 0 Å². The molecule has 7 nitrogen and oxygen atoms in total. The minimum Gasteiger partial charge on any atom is -0.483 e. The molecule has 30 heavy (non-hydrogen) atoms. The van der Waals surface area contributed by atoms with Gasteiger partial charge in [-0.3, -0.25) is 9.69 Å². The SMILES string of the molecule is Cc1cc(OCC(=O)N2CCC(N3CCN(C)CC3)C2)c2c(C)c(C)c(=O)oc2c1. The van der Waals surface area contributed by atoms with Crippen LogP contribution in [0, 0.1) is 20.8 Å². The normalized spacial score (nSPS) is 20.8. The number of rotatable bonds is 4. The monoisotopic (exact) mass is 413 g/mol. The number of fused-ring (bicyclic) bond motifs is 1. The van der Waals surface area contributed by atoms with E-state index in [1.54, 1.807) is 6.92 Å². The van der Waals surface area contributed by atoms with Crippen LogP contribution < -0.4 is 10.4 Å². The Morgan fingerprint density at radius 3 is 2.57 bits per heavy atom. The summed E-state index contributed by atoms with van der Waals surface area (Å²) in [6.07, 6.45) is 1.02. The fraction of sp³-hybridized carbons (Fsp3) is 0.565. The van der Waals surface area contributed by atoms with E-state index in [1.165, 1.54) is 0 Å². The van der Waals surface area contributed by atoms with E-state index in [2.05, 4.69) is 16.8 Å². The Hall–Kier alpha value is -2.38. The van der Waals surface area contributed by atoms with Crippen molar-refractivity contribution in [2.75, 3.05) is 52.9 Å². The summed E-state index contributed by atoms with van der Waals surface area (Å²) < 4.78 is 11.4. The molecule has 3 heterocycles. The maximum absolute atomic E-state index is 12.8. The van der Waals surface area contributed by atoms with E-state index in [0.29, 0.717) is 22.9 Å². The molecule has 0 N–H and O–H groups in total. The number of carbonyl (C=O) groups excluding carboxylic acids is 1. The zero-order valence-electron chi connectivity index (χ0n) is 18.4. The molecule has 1 aromatic heterocycles. The van der Waals surface area contributed by atoms with Gasteiger partial charge in [0.05, 0.1) is 5.39 Å². The van der Waals surface area contributed by atoms with Crippen LogP contribution in [0.4, 0.5) is 0 Å². The predicted octanol–water partition coefficient (Wildman–Crippen LogP) is 1.95. The lowest BCUT2D eigenvalue weighted by Crippen LogP contribution is -2.50. The Kier molecular flexibility index (Phi) is 5.84. The van der Waals surface area contributed by atoms with E-state index < -0.39 is 0 Å². The molecule has 2 aromatic rings. The van der Waals surface area contributed by atoms with Gasteiger partial charge in [0.2, 0.25) is 0 Å². The lowest BCUT2D eigenvalue weighted by Gasteiger charge is -2.36. The quantitative estimate of drug-likeness (QED) is 0.714. The van der Waals surface area contributed by atoms with Gasteiger partial charge in [-0.1, -0.05) is 0 Å². The summed E-state index contributed by atoms with van der Waals surface area (Å²) in [5.41, 5.74) is 2.49. The molecule has 0 bridgehead atoms. The van der Waals surface area contributed by atoms with E-state index >= 15 is 0 Å². The minimum absolute atomic E-state index is 0.00745. The maximum Gasteiger partial charge on any atom is 0.339 e. The first-order chi connectivity index (χ1) is 14.3. The van der Waals surface area contributed by atoms with Crippen molar-refractivity contribution in [3.8, 4) is 5.75 Å². The highest BCUT2D eigenvalue weighted by molar-refractivity contribution is 5.88. The molecule has 0 spiro atoms. The first kappa shape index (κ1) is 20.9. The summed E-state index contributed by atoms with van der Waals surface area (Å²) in [5.74, 6) is 0.602. The molecule has 1 amide bonds. The lowest BCUT2D eigenvalue weighted by atomic mass is 10.0. The average molecular weight is 414 g/mol. The zero-order valence-corrected chi connectivity index (χ0v) is 18.4. The van der Waals surface area contributed by atoms with Crippen LogP contribution in [-0.2, 0) is 4.79 Å². The van der Waals surface area contributed by atoms with Gasteiger partial charge in [-0.2, -0.15) is 0 Å². The fourth-order valence-electron chi connectivity index (χ4n) is 4.49. The third-order valence-corrected chi connectivity index (χ3v) is 6.58. The van der Waals surface area contributed by atoms with Gasteiger partial charge in [-0.05, 0) is 57.5 Å². The van der Waals surface area contributed by atoms with Crippen LogP contribution in [0.15, 0.2) is 21.3 Å². The second-order valence-corrected chi connectivity index (χ2v) is 8.69. The lowest BCUT2D eigenvalue weighted by molar-refractivity contribution is -0.132. The predicted molar refractivity (Wildman–Crippen MR) is 116 cm³/mol. The molecule has 2 aliphatic rings. The van der Waals surface area contributed by atoms with Crippen LogP contribution in [0.3, 0.4) is 0 Å². The molecule has 4 rings (SSSR count). The fourth-order valence-corrected chi connectivity index (χ4v) is 4.49. The summed E-state index contributed by atoms with van der Waals surface area (Å²) in [6.45, 7) is 11.4. The van der Waals surface area contributed by atoms with Crippen molar-refractivity contribution in [2.24, 2.45) is 0 Å². The molecule has 0 saturated carbocycles. The van der Waals surface area contributed by atoms with Crippen molar-refractivity contribution in [1.29, 1.82) is 0 Å². The van der Waals surface area contributed by atoms with E-state index in [0.717, 1.165) is 62.2 Å². The molecule has 2 fully saturated rings. The number of piperazine rings is 1. The number of carbonyl (C=O) groups is 1. The number of likely N-dealkylation sites (N-methyl/N-ethyl adjacent to an activating group) is 1. The largest absolute Gasteiger partial charge is 0.483 e.